The summed E-state index contributed by atoms with van der Waals surface area (Å²) in [6, 6.07) is 0.584. The maximum Gasteiger partial charge on any atom is 0.105 e. The zero-order valence-electron chi connectivity index (χ0n) is 13.9. The smallest absolute Gasteiger partial charge is 0.105 e. The van der Waals surface area contributed by atoms with E-state index < -0.39 is 5.60 Å². The number of hydrogen-bond acceptors (Lipinski definition) is 3. The molecule has 0 bridgehead atoms. The Hall–Kier alpha value is -0.120. The predicted octanol–water partition coefficient (Wildman–Crippen LogP) is 3.79. The van der Waals surface area contributed by atoms with Crippen molar-refractivity contribution in [3.05, 3.63) is 0 Å². The van der Waals surface area contributed by atoms with Crippen molar-refractivity contribution < 1.29 is 9.84 Å². The standard InChI is InChI=1S/C18H35NO2/c1-16-18(20,13-14-21-16)15-19-17-11-9-7-5-3-2-4-6-8-10-12-17/h16-17,19-20H,2-15H2,1H3. The molecule has 3 heteroatoms. The summed E-state index contributed by atoms with van der Waals surface area (Å²) >= 11 is 0. The van der Waals surface area contributed by atoms with E-state index in [1.54, 1.807) is 0 Å². The molecule has 0 radical (unpaired) electrons. The Bertz CT molecular complexity index is 272. The highest BCUT2D eigenvalue weighted by atomic mass is 16.5. The summed E-state index contributed by atoms with van der Waals surface area (Å²) in [5.74, 6) is 0. The van der Waals surface area contributed by atoms with E-state index in [0.717, 1.165) is 6.42 Å². The highest BCUT2D eigenvalue weighted by molar-refractivity contribution is 4.92. The van der Waals surface area contributed by atoms with Gasteiger partial charge in [0, 0.05) is 25.6 Å². The molecule has 124 valence electrons. The molecule has 1 saturated heterocycles. The van der Waals surface area contributed by atoms with Crippen LogP contribution >= 0.6 is 0 Å². The maximum absolute atomic E-state index is 10.6. The van der Waals surface area contributed by atoms with Crippen molar-refractivity contribution in [2.75, 3.05) is 13.2 Å². The molecule has 2 rings (SSSR count). The molecule has 2 atom stereocenters. The van der Waals surface area contributed by atoms with Gasteiger partial charge in [0.05, 0.1) is 6.10 Å². The Morgan fingerprint density at radius 1 is 0.952 bits per heavy atom. The second-order valence-electron chi connectivity index (χ2n) is 7.20. The van der Waals surface area contributed by atoms with Gasteiger partial charge in [-0.1, -0.05) is 57.8 Å². The van der Waals surface area contributed by atoms with Gasteiger partial charge in [-0.25, -0.2) is 0 Å². The summed E-state index contributed by atoms with van der Waals surface area (Å²) in [4.78, 5) is 0. The third kappa shape index (κ3) is 5.88. The SMILES string of the molecule is CC1OCCC1(O)CNC1CCCCCCCCCCC1. The molecule has 0 aromatic rings. The van der Waals surface area contributed by atoms with Crippen LogP contribution in [0.5, 0.6) is 0 Å². The number of nitrogens with one attached hydrogen (secondary N) is 1. The minimum absolute atomic E-state index is 0.0313. The first-order valence-electron chi connectivity index (χ1n) is 9.28. The monoisotopic (exact) mass is 297 g/mol. The Morgan fingerprint density at radius 2 is 1.48 bits per heavy atom. The van der Waals surface area contributed by atoms with Crippen LogP contribution in [0.1, 0.15) is 84.0 Å². The summed E-state index contributed by atoms with van der Waals surface area (Å²) in [5, 5.41) is 14.3. The van der Waals surface area contributed by atoms with Gasteiger partial charge < -0.3 is 15.2 Å². The molecular weight excluding hydrogens is 262 g/mol. The summed E-state index contributed by atoms with van der Waals surface area (Å²) in [5.41, 5.74) is -0.649. The van der Waals surface area contributed by atoms with Crippen molar-refractivity contribution >= 4 is 0 Å². The molecule has 0 aromatic carbocycles. The van der Waals surface area contributed by atoms with Gasteiger partial charge in [-0.3, -0.25) is 0 Å². The number of rotatable bonds is 3. The van der Waals surface area contributed by atoms with E-state index in [2.05, 4.69) is 5.32 Å². The van der Waals surface area contributed by atoms with E-state index in [0.29, 0.717) is 19.2 Å². The van der Waals surface area contributed by atoms with Gasteiger partial charge in [0.15, 0.2) is 0 Å². The van der Waals surface area contributed by atoms with Crippen molar-refractivity contribution in [2.45, 2.75) is 102 Å². The largest absolute Gasteiger partial charge is 0.386 e. The highest BCUT2D eigenvalue weighted by Crippen LogP contribution is 2.25. The van der Waals surface area contributed by atoms with Crippen LogP contribution < -0.4 is 5.32 Å². The van der Waals surface area contributed by atoms with Crippen LogP contribution in [-0.4, -0.2) is 36.0 Å². The third-order valence-electron chi connectivity index (χ3n) is 5.46. The Morgan fingerprint density at radius 3 is 1.95 bits per heavy atom. The van der Waals surface area contributed by atoms with E-state index in [1.165, 1.54) is 70.6 Å². The highest BCUT2D eigenvalue weighted by Gasteiger charge is 2.39. The molecule has 2 unspecified atom stereocenters. The number of aliphatic hydroxyl groups is 1. The normalized spacial score (nSPS) is 34.3. The zero-order chi connectivity index (χ0) is 15.0. The van der Waals surface area contributed by atoms with Crippen molar-refractivity contribution in [3.8, 4) is 0 Å². The van der Waals surface area contributed by atoms with E-state index in [4.69, 9.17) is 4.74 Å². The Labute approximate surface area is 130 Å². The fourth-order valence-corrected chi connectivity index (χ4v) is 3.69. The van der Waals surface area contributed by atoms with Crippen LogP contribution in [0.25, 0.3) is 0 Å². The molecule has 3 nitrogen and oxygen atoms in total. The molecule has 2 aliphatic rings. The minimum Gasteiger partial charge on any atom is -0.386 e. The summed E-state index contributed by atoms with van der Waals surface area (Å²) < 4.78 is 5.53. The van der Waals surface area contributed by atoms with E-state index in [1.807, 2.05) is 6.92 Å². The van der Waals surface area contributed by atoms with Crippen molar-refractivity contribution in [1.82, 2.24) is 5.32 Å². The van der Waals surface area contributed by atoms with Crippen molar-refractivity contribution in [1.29, 1.82) is 0 Å². The van der Waals surface area contributed by atoms with Gasteiger partial charge in [0.25, 0.3) is 0 Å². The second-order valence-corrected chi connectivity index (χ2v) is 7.20. The third-order valence-corrected chi connectivity index (χ3v) is 5.46. The summed E-state index contributed by atoms with van der Waals surface area (Å²) in [7, 11) is 0. The van der Waals surface area contributed by atoms with Gasteiger partial charge >= 0.3 is 0 Å². The van der Waals surface area contributed by atoms with Gasteiger partial charge in [-0.2, -0.15) is 0 Å². The number of hydrogen-bond donors (Lipinski definition) is 2. The molecule has 2 N–H and O–H groups in total. The van der Waals surface area contributed by atoms with E-state index in [9.17, 15) is 5.11 Å². The molecule has 21 heavy (non-hydrogen) atoms. The Balaban J connectivity index is 1.75. The van der Waals surface area contributed by atoms with E-state index >= 15 is 0 Å². The molecule has 1 saturated carbocycles. The first kappa shape index (κ1) is 17.2. The lowest BCUT2D eigenvalue weighted by atomic mass is 9.94. The van der Waals surface area contributed by atoms with Crippen LogP contribution in [-0.2, 0) is 4.74 Å². The number of ether oxygens (including phenoxy) is 1. The fourth-order valence-electron chi connectivity index (χ4n) is 3.69. The molecule has 1 aliphatic heterocycles. The van der Waals surface area contributed by atoms with Crippen LogP contribution in [0.2, 0.25) is 0 Å². The summed E-state index contributed by atoms with van der Waals surface area (Å²) in [6.45, 7) is 3.39. The van der Waals surface area contributed by atoms with Crippen LogP contribution in [0, 0.1) is 0 Å². The lowest BCUT2D eigenvalue weighted by molar-refractivity contribution is -0.0280. The second kappa shape index (κ2) is 9.12. The lowest BCUT2D eigenvalue weighted by Crippen LogP contribution is -2.48. The van der Waals surface area contributed by atoms with Crippen molar-refractivity contribution in [3.63, 3.8) is 0 Å². The van der Waals surface area contributed by atoms with Gasteiger partial charge in [-0.15, -0.1) is 0 Å². The maximum atomic E-state index is 10.6. The molecule has 0 spiro atoms. The van der Waals surface area contributed by atoms with E-state index in [-0.39, 0.29) is 6.10 Å². The van der Waals surface area contributed by atoms with Gasteiger partial charge in [-0.05, 0) is 19.8 Å². The average molecular weight is 297 g/mol. The quantitative estimate of drug-likeness (QED) is 0.833. The zero-order valence-corrected chi connectivity index (χ0v) is 13.9. The molecular formula is C18H35NO2. The van der Waals surface area contributed by atoms with Gasteiger partial charge in [0.1, 0.15) is 5.60 Å². The molecule has 1 heterocycles. The van der Waals surface area contributed by atoms with Gasteiger partial charge in [0.2, 0.25) is 0 Å². The fraction of sp³-hybridized carbons (Fsp3) is 1.00. The van der Waals surface area contributed by atoms with Crippen LogP contribution in [0.15, 0.2) is 0 Å². The predicted molar refractivity (Wildman–Crippen MR) is 87.6 cm³/mol. The summed E-state index contributed by atoms with van der Waals surface area (Å²) in [6.07, 6.45) is 15.8. The molecule has 2 fully saturated rings. The molecule has 0 amide bonds. The molecule has 1 aliphatic carbocycles. The van der Waals surface area contributed by atoms with Crippen LogP contribution in [0.4, 0.5) is 0 Å². The van der Waals surface area contributed by atoms with Crippen LogP contribution in [0.3, 0.4) is 0 Å². The Kier molecular flexibility index (Phi) is 7.48. The first-order chi connectivity index (χ1) is 10.2. The topological polar surface area (TPSA) is 41.5 Å². The first-order valence-corrected chi connectivity index (χ1v) is 9.28. The molecule has 0 aromatic heterocycles. The average Bonchev–Trinajstić information content (AvgIpc) is 2.78. The minimum atomic E-state index is -0.649. The lowest BCUT2D eigenvalue weighted by Gasteiger charge is -2.29. The van der Waals surface area contributed by atoms with Crippen molar-refractivity contribution in [2.24, 2.45) is 0 Å².